The zero-order valence-corrected chi connectivity index (χ0v) is 12.7. The lowest BCUT2D eigenvalue weighted by atomic mass is 9.90. The molecule has 0 aromatic heterocycles. The molecule has 0 saturated carbocycles. The van der Waals surface area contributed by atoms with Crippen LogP contribution in [0.5, 0.6) is 0 Å². The van der Waals surface area contributed by atoms with Crippen molar-refractivity contribution in [3.63, 3.8) is 0 Å². The van der Waals surface area contributed by atoms with Gasteiger partial charge in [-0.15, -0.1) is 0 Å². The highest BCUT2D eigenvalue weighted by molar-refractivity contribution is 4.62. The summed E-state index contributed by atoms with van der Waals surface area (Å²) in [5.41, 5.74) is 0.939. The molecule has 0 saturated heterocycles. The van der Waals surface area contributed by atoms with E-state index in [1.807, 2.05) is 0 Å². The first-order valence-electron chi connectivity index (χ1n) is 6.23. The molecule has 0 aromatic rings. The SMILES string of the molecule is CC(C)(C)CC[N+](C)(C)CCC(C)(C)C.[OH-]. The van der Waals surface area contributed by atoms with Crippen molar-refractivity contribution in [3.8, 4) is 0 Å². The van der Waals surface area contributed by atoms with Crippen LogP contribution in [0.2, 0.25) is 0 Å². The van der Waals surface area contributed by atoms with E-state index in [1.165, 1.54) is 25.9 Å². The van der Waals surface area contributed by atoms with Crippen molar-refractivity contribution in [2.75, 3.05) is 27.2 Å². The fourth-order valence-electron chi connectivity index (χ4n) is 1.39. The number of quaternary nitrogens is 1. The van der Waals surface area contributed by atoms with Crippen LogP contribution in [0.4, 0.5) is 0 Å². The Hall–Kier alpha value is -0.0800. The first-order chi connectivity index (χ1) is 6.41. The Labute approximate surface area is 103 Å². The minimum atomic E-state index is 0. The van der Waals surface area contributed by atoms with E-state index in [0.29, 0.717) is 10.8 Å². The lowest BCUT2D eigenvalue weighted by Crippen LogP contribution is -2.43. The standard InChI is InChI=1S/C14H32N.H2O/c1-13(2,3)9-11-15(7,8)12-10-14(4,5)6;/h9-12H2,1-8H3;1H2/q+1;/p-1. The number of hydrogen-bond donors (Lipinski definition) is 0. The van der Waals surface area contributed by atoms with Crippen LogP contribution in [0.25, 0.3) is 0 Å². The molecule has 0 radical (unpaired) electrons. The third kappa shape index (κ3) is 12.0. The molecule has 0 rings (SSSR count). The third-order valence-electron chi connectivity index (χ3n) is 2.93. The molecule has 2 nitrogen and oxygen atoms in total. The molecule has 0 bridgehead atoms. The summed E-state index contributed by atoms with van der Waals surface area (Å²) in [7, 11) is 4.72. The molecule has 0 aliphatic rings. The van der Waals surface area contributed by atoms with Crippen LogP contribution in [0, 0.1) is 10.8 Å². The maximum absolute atomic E-state index is 2.36. The molecule has 1 N–H and O–H groups in total. The van der Waals surface area contributed by atoms with Gasteiger partial charge in [-0.3, -0.25) is 0 Å². The van der Waals surface area contributed by atoms with Gasteiger partial charge in [0.1, 0.15) is 0 Å². The van der Waals surface area contributed by atoms with Crippen LogP contribution < -0.4 is 0 Å². The van der Waals surface area contributed by atoms with Crippen molar-refractivity contribution in [1.29, 1.82) is 0 Å². The molecule has 100 valence electrons. The van der Waals surface area contributed by atoms with E-state index < -0.39 is 0 Å². The molecule has 0 fully saturated rings. The monoisotopic (exact) mass is 231 g/mol. The van der Waals surface area contributed by atoms with Crippen molar-refractivity contribution >= 4 is 0 Å². The summed E-state index contributed by atoms with van der Waals surface area (Å²) in [6, 6.07) is 0. The van der Waals surface area contributed by atoms with Gasteiger partial charge in [-0.25, -0.2) is 0 Å². The van der Waals surface area contributed by atoms with Gasteiger partial charge in [0.15, 0.2) is 0 Å². The van der Waals surface area contributed by atoms with E-state index in [4.69, 9.17) is 0 Å². The molecule has 0 amide bonds. The highest BCUT2D eigenvalue weighted by Crippen LogP contribution is 2.23. The zero-order valence-electron chi connectivity index (χ0n) is 12.7. The second-order valence-electron chi connectivity index (χ2n) is 8.00. The van der Waals surface area contributed by atoms with E-state index >= 15 is 0 Å². The summed E-state index contributed by atoms with van der Waals surface area (Å²) in [5, 5.41) is 0. The van der Waals surface area contributed by atoms with Crippen molar-refractivity contribution in [2.45, 2.75) is 54.4 Å². The lowest BCUT2D eigenvalue weighted by molar-refractivity contribution is -0.892. The topological polar surface area (TPSA) is 30.0 Å². The highest BCUT2D eigenvalue weighted by atomic mass is 16.0. The molecule has 0 atom stereocenters. The predicted octanol–water partition coefficient (Wildman–Crippen LogP) is 3.76. The minimum absolute atomic E-state index is 0. The molecule has 0 unspecified atom stereocenters. The predicted molar refractivity (Wildman–Crippen MR) is 71.9 cm³/mol. The van der Waals surface area contributed by atoms with Gasteiger partial charge in [-0.2, -0.15) is 0 Å². The Bertz CT molecular complexity index is 164. The molecule has 2 heteroatoms. The summed E-state index contributed by atoms with van der Waals surface area (Å²) < 4.78 is 1.16. The summed E-state index contributed by atoms with van der Waals surface area (Å²) in [6.45, 7) is 16.6. The summed E-state index contributed by atoms with van der Waals surface area (Å²) in [5.74, 6) is 0. The first kappa shape index (κ1) is 18.3. The van der Waals surface area contributed by atoms with Crippen LogP contribution in [0.1, 0.15) is 54.4 Å². The third-order valence-corrected chi connectivity index (χ3v) is 2.93. The van der Waals surface area contributed by atoms with Gasteiger partial charge < -0.3 is 9.96 Å². The van der Waals surface area contributed by atoms with Gasteiger partial charge in [0, 0.05) is 12.8 Å². The molecule has 0 aliphatic heterocycles. The minimum Gasteiger partial charge on any atom is -0.870 e. The number of nitrogens with zero attached hydrogens (tertiary/aromatic N) is 1. The van der Waals surface area contributed by atoms with E-state index in [0.717, 1.165) is 4.48 Å². The normalized spacial score (nSPS) is 13.5. The molecule has 16 heavy (non-hydrogen) atoms. The van der Waals surface area contributed by atoms with Gasteiger partial charge in [0.25, 0.3) is 0 Å². The molecule has 0 heterocycles. The smallest absolute Gasteiger partial charge is 0.0787 e. The maximum atomic E-state index is 2.36. The van der Waals surface area contributed by atoms with Gasteiger partial charge in [0.2, 0.25) is 0 Å². The molecule has 0 spiro atoms. The van der Waals surface area contributed by atoms with E-state index in [9.17, 15) is 0 Å². The highest BCUT2D eigenvalue weighted by Gasteiger charge is 2.22. The Balaban J connectivity index is 0. The van der Waals surface area contributed by atoms with E-state index in [2.05, 4.69) is 55.6 Å². The average Bonchev–Trinajstić information content (AvgIpc) is 1.96. The van der Waals surface area contributed by atoms with Crippen LogP contribution in [-0.2, 0) is 0 Å². The van der Waals surface area contributed by atoms with Crippen LogP contribution >= 0.6 is 0 Å². The molecule has 0 aromatic carbocycles. The Morgan fingerprint density at radius 2 is 0.938 bits per heavy atom. The fraction of sp³-hybridized carbons (Fsp3) is 1.00. The quantitative estimate of drug-likeness (QED) is 0.678. The number of hydrogen-bond acceptors (Lipinski definition) is 1. The Morgan fingerprint density at radius 1 is 0.688 bits per heavy atom. The molecular weight excluding hydrogens is 198 g/mol. The van der Waals surface area contributed by atoms with Gasteiger partial charge in [-0.05, 0) is 10.8 Å². The number of rotatable bonds is 4. The lowest BCUT2D eigenvalue weighted by Gasteiger charge is -2.34. The second-order valence-corrected chi connectivity index (χ2v) is 8.00. The van der Waals surface area contributed by atoms with Crippen molar-refractivity contribution in [3.05, 3.63) is 0 Å². The van der Waals surface area contributed by atoms with Gasteiger partial charge in [0.05, 0.1) is 27.2 Å². The van der Waals surface area contributed by atoms with Crippen molar-refractivity contribution in [1.82, 2.24) is 0 Å². The average molecular weight is 231 g/mol. The summed E-state index contributed by atoms with van der Waals surface area (Å²) >= 11 is 0. The van der Waals surface area contributed by atoms with Crippen molar-refractivity contribution < 1.29 is 9.96 Å². The summed E-state index contributed by atoms with van der Waals surface area (Å²) in [4.78, 5) is 0. The van der Waals surface area contributed by atoms with Crippen LogP contribution in [0.3, 0.4) is 0 Å². The zero-order chi connectivity index (χ0) is 12.3. The largest absolute Gasteiger partial charge is 0.870 e. The van der Waals surface area contributed by atoms with Gasteiger partial charge >= 0.3 is 0 Å². The molecular formula is C14H33NO. The van der Waals surface area contributed by atoms with Gasteiger partial charge in [-0.1, -0.05) is 41.5 Å². The van der Waals surface area contributed by atoms with E-state index in [1.54, 1.807) is 0 Å². The second kappa shape index (κ2) is 6.02. The Morgan fingerprint density at radius 3 is 1.12 bits per heavy atom. The van der Waals surface area contributed by atoms with Crippen LogP contribution in [-0.4, -0.2) is 37.1 Å². The van der Waals surface area contributed by atoms with Crippen molar-refractivity contribution in [2.24, 2.45) is 10.8 Å². The molecule has 0 aliphatic carbocycles. The maximum Gasteiger partial charge on any atom is 0.0787 e. The summed E-state index contributed by atoms with van der Waals surface area (Å²) in [6.07, 6.45) is 2.62. The van der Waals surface area contributed by atoms with E-state index in [-0.39, 0.29) is 5.48 Å². The Kier molecular flexibility index (Phi) is 6.88. The fourth-order valence-corrected chi connectivity index (χ4v) is 1.39. The van der Waals surface area contributed by atoms with Crippen LogP contribution in [0.15, 0.2) is 0 Å². The first-order valence-corrected chi connectivity index (χ1v) is 6.23.